The normalized spacial score (nSPS) is 20.0. The Morgan fingerprint density at radius 3 is 2.67 bits per heavy atom. The highest BCUT2D eigenvalue weighted by atomic mass is 19.1. The van der Waals surface area contributed by atoms with Crippen LogP contribution in [0.1, 0.15) is 30.1 Å². The van der Waals surface area contributed by atoms with E-state index in [1.807, 2.05) is 0 Å². The van der Waals surface area contributed by atoms with Crippen LogP contribution in [0, 0.1) is 12.7 Å². The third-order valence-electron chi connectivity index (χ3n) is 3.56. The van der Waals surface area contributed by atoms with Crippen molar-refractivity contribution < 1.29 is 14.6 Å². The summed E-state index contributed by atoms with van der Waals surface area (Å²) in [4.78, 5) is 2.13. The van der Waals surface area contributed by atoms with Crippen LogP contribution in [-0.4, -0.2) is 40.9 Å². The van der Waals surface area contributed by atoms with E-state index in [0.29, 0.717) is 12.1 Å². The molecule has 0 radical (unpaired) electrons. The van der Waals surface area contributed by atoms with E-state index in [9.17, 15) is 14.6 Å². The summed E-state index contributed by atoms with van der Waals surface area (Å²) in [7, 11) is 0. The molecule has 1 aromatic rings. The molecule has 1 aliphatic rings. The number of benzene rings is 1. The quantitative estimate of drug-likeness (QED) is 0.860. The molecule has 4 heteroatoms. The molecule has 0 bridgehead atoms. The van der Waals surface area contributed by atoms with Crippen LogP contribution in [0.4, 0.5) is 4.39 Å². The summed E-state index contributed by atoms with van der Waals surface area (Å²) < 4.78 is 13.1. The number of hydrogen-bond acceptors (Lipinski definition) is 3. The van der Waals surface area contributed by atoms with Crippen molar-refractivity contribution in [3.8, 4) is 0 Å². The molecule has 3 nitrogen and oxygen atoms in total. The zero-order valence-corrected chi connectivity index (χ0v) is 10.6. The van der Waals surface area contributed by atoms with Gasteiger partial charge in [-0.05, 0) is 37.0 Å². The first-order valence-electron chi connectivity index (χ1n) is 6.41. The van der Waals surface area contributed by atoms with Crippen molar-refractivity contribution in [2.75, 3.05) is 19.6 Å². The number of aliphatic hydroxyl groups is 2. The average Bonchev–Trinajstić information content (AvgIpc) is 2.35. The Morgan fingerprint density at radius 2 is 2.06 bits per heavy atom. The standard InChI is InChI=1S/C14H20FNO2/c1-10-8-11(2-3-13(10)15)14(18)9-16-6-4-12(17)5-7-16/h2-3,8,12,14,17-18H,4-7,9H2,1H3. The number of β-amino-alcohol motifs (C(OH)–C–C–N with tert-alkyl or cyclic N) is 1. The van der Waals surface area contributed by atoms with E-state index in [4.69, 9.17) is 0 Å². The molecular formula is C14H20FNO2. The van der Waals surface area contributed by atoms with Gasteiger partial charge in [-0.15, -0.1) is 0 Å². The molecule has 1 heterocycles. The molecule has 2 N–H and O–H groups in total. The lowest BCUT2D eigenvalue weighted by molar-refractivity contribution is 0.0508. The maximum atomic E-state index is 13.1. The minimum atomic E-state index is -0.598. The lowest BCUT2D eigenvalue weighted by Crippen LogP contribution is -2.38. The fraction of sp³-hybridized carbons (Fsp3) is 0.571. The van der Waals surface area contributed by atoms with E-state index in [1.54, 1.807) is 19.1 Å². The smallest absolute Gasteiger partial charge is 0.126 e. The molecule has 1 aromatic carbocycles. The van der Waals surface area contributed by atoms with E-state index in [2.05, 4.69) is 4.90 Å². The van der Waals surface area contributed by atoms with Crippen LogP contribution in [0.2, 0.25) is 0 Å². The molecular weight excluding hydrogens is 233 g/mol. The Morgan fingerprint density at radius 1 is 1.39 bits per heavy atom. The number of nitrogens with zero attached hydrogens (tertiary/aromatic N) is 1. The maximum Gasteiger partial charge on any atom is 0.126 e. The SMILES string of the molecule is Cc1cc(C(O)CN2CCC(O)CC2)ccc1F. The fourth-order valence-corrected chi connectivity index (χ4v) is 2.33. The van der Waals surface area contributed by atoms with E-state index < -0.39 is 6.10 Å². The van der Waals surface area contributed by atoms with Crippen molar-refractivity contribution in [3.05, 3.63) is 35.1 Å². The van der Waals surface area contributed by atoms with Crippen LogP contribution < -0.4 is 0 Å². The molecule has 1 unspecified atom stereocenters. The van der Waals surface area contributed by atoms with Gasteiger partial charge in [-0.2, -0.15) is 0 Å². The lowest BCUT2D eigenvalue weighted by atomic mass is 10.0. The maximum absolute atomic E-state index is 13.1. The summed E-state index contributed by atoms with van der Waals surface area (Å²) in [6.07, 6.45) is 0.718. The first-order chi connectivity index (χ1) is 8.56. The van der Waals surface area contributed by atoms with Crippen LogP contribution >= 0.6 is 0 Å². The molecule has 0 aliphatic carbocycles. The molecule has 0 spiro atoms. The van der Waals surface area contributed by atoms with Crippen molar-refractivity contribution in [1.82, 2.24) is 4.90 Å². The zero-order valence-electron chi connectivity index (χ0n) is 10.6. The number of piperidine rings is 1. The first-order valence-corrected chi connectivity index (χ1v) is 6.41. The molecule has 100 valence electrons. The van der Waals surface area contributed by atoms with Gasteiger partial charge in [0.25, 0.3) is 0 Å². The van der Waals surface area contributed by atoms with Gasteiger partial charge in [-0.1, -0.05) is 12.1 Å². The van der Waals surface area contributed by atoms with Gasteiger partial charge in [0.15, 0.2) is 0 Å². The zero-order chi connectivity index (χ0) is 13.1. The second-order valence-corrected chi connectivity index (χ2v) is 5.06. The molecule has 0 saturated carbocycles. The highest BCUT2D eigenvalue weighted by Gasteiger charge is 2.20. The highest BCUT2D eigenvalue weighted by Crippen LogP contribution is 2.19. The number of rotatable bonds is 3. The number of halogens is 1. The van der Waals surface area contributed by atoms with Crippen LogP contribution in [0.15, 0.2) is 18.2 Å². The van der Waals surface area contributed by atoms with Gasteiger partial charge >= 0.3 is 0 Å². The van der Waals surface area contributed by atoms with Gasteiger partial charge in [0.2, 0.25) is 0 Å². The van der Waals surface area contributed by atoms with E-state index in [-0.39, 0.29) is 11.9 Å². The van der Waals surface area contributed by atoms with Gasteiger partial charge in [-0.3, -0.25) is 0 Å². The average molecular weight is 253 g/mol. The predicted molar refractivity (Wildman–Crippen MR) is 67.8 cm³/mol. The number of aryl methyl sites for hydroxylation is 1. The Hall–Kier alpha value is -0.970. The molecule has 2 rings (SSSR count). The monoisotopic (exact) mass is 253 g/mol. The Bertz CT molecular complexity index is 403. The van der Waals surface area contributed by atoms with Crippen LogP contribution in [0.3, 0.4) is 0 Å². The van der Waals surface area contributed by atoms with Crippen LogP contribution in [0.5, 0.6) is 0 Å². The van der Waals surface area contributed by atoms with Crippen molar-refractivity contribution in [2.24, 2.45) is 0 Å². The lowest BCUT2D eigenvalue weighted by Gasteiger charge is -2.31. The highest BCUT2D eigenvalue weighted by molar-refractivity contribution is 5.25. The summed E-state index contributed by atoms with van der Waals surface area (Å²) in [5.41, 5.74) is 1.31. The molecule has 0 aromatic heterocycles. The van der Waals surface area contributed by atoms with Gasteiger partial charge in [0, 0.05) is 19.6 Å². The van der Waals surface area contributed by atoms with Crippen LogP contribution in [-0.2, 0) is 0 Å². The van der Waals surface area contributed by atoms with Crippen molar-refractivity contribution >= 4 is 0 Å². The fourth-order valence-electron chi connectivity index (χ4n) is 2.33. The summed E-state index contributed by atoms with van der Waals surface area (Å²) in [5.74, 6) is -0.243. The van der Waals surface area contributed by atoms with Crippen molar-refractivity contribution in [3.63, 3.8) is 0 Å². The van der Waals surface area contributed by atoms with Gasteiger partial charge in [0.1, 0.15) is 5.82 Å². The van der Waals surface area contributed by atoms with Gasteiger partial charge in [0.05, 0.1) is 12.2 Å². The molecule has 18 heavy (non-hydrogen) atoms. The third-order valence-corrected chi connectivity index (χ3v) is 3.56. The van der Waals surface area contributed by atoms with Crippen molar-refractivity contribution in [2.45, 2.75) is 32.0 Å². The Kier molecular flexibility index (Phi) is 4.32. The predicted octanol–water partition coefficient (Wildman–Crippen LogP) is 1.62. The third kappa shape index (κ3) is 3.28. The minimum absolute atomic E-state index is 0.202. The molecule has 1 saturated heterocycles. The summed E-state index contributed by atoms with van der Waals surface area (Å²) in [5, 5.41) is 19.5. The number of hydrogen-bond donors (Lipinski definition) is 2. The summed E-state index contributed by atoms with van der Waals surface area (Å²) >= 11 is 0. The Labute approximate surface area is 107 Å². The topological polar surface area (TPSA) is 43.7 Å². The molecule has 1 fully saturated rings. The second kappa shape index (κ2) is 5.78. The van der Waals surface area contributed by atoms with E-state index >= 15 is 0 Å². The van der Waals surface area contributed by atoms with Gasteiger partial charge in [-0.25, -0.2) is 4.39 Å². The molecule has 1 aliphatic heterocycles. The molecule has 1 atom stereocenters. The first kappa shape index (κ1) is 13.5. The van der Waals surface area contributed by atoms with Crippen molar-refractivity contribution in [1.29, 1.82) is 0 Å². The van der Waals surface area contributed by atoms with E-state index in [0.717, 1.165) is 31.5 Å². The largest absolute Gasteiger partial charge is 0.393 e. The minimum Gasteiger partial charge on any atom is -0.393 e. The number of likely N-dealkylation sites (tertiary alicyclic amines) is 1. The van der Waals surface area contributed by atoms with E-state index in [1.165, 1.54) is 6.07 Å². The van der Waals surface area contributed by atoms with Gasteiger partial charge < -0.3 is 15.1 Å². The second-order valence-electron chi connectivity index (χ2n) is 5.06. The Balaban J connectivity index is 1.94. The molecule has 0 amide bonds. The summed E-state index contributed by atoms with van der Waals surface area (Å²) in [6, 6.07) is 4.72. The number of aliphatic hydroxyl groups excluding tert-OH is 2. The summed E-state index contributed by atoms with van der Waals surface area (Å²) in [6.45, 7) is 3.84. The van der Waals surface area contributed by atoms with Crippen LogP contribution in [0.25, 0.3) is 0 Å².